The van der Waals surface area contributed by atoms with E-state index in [2.05, 4.69) is 4.98 Å². The fraction of sp³-hybridized carbons (Fsp3) is 0.238. The highest BCUT2D eigenvalue weighted by atomic mass is 35.5. The SMILES string of the molecule is CC(C)c1nc2c(Cl)cc(C(F)(F)F)cn2c1COC(=O)/C=C/c1ccc(Cl)cc1. The van der Waals surface area contributed by atoms with Crippen molar-refractivity contribution in [3.63, 3.8) is 0 Å². The molecule has 0 aliphatic rings. The molecule has 1 aromatic carbocycles. The Morgan fingerprint density at radius 2 is 1.90 bits per heavy atom. The minimum Gasteiger partial charge on any atom is -0.456 e. The molecule has 4 nitrogen and oxygen atoms in total. The van der Waals surface area contributed by atoms with E-state index in [-0.39, 0.29) is 23.2 Å². The second-order valence-electron chi connectivity index (χ2n) is 6.86. The molecule has 30 heavy (non-hydrogen) atoms. The van der Waals surface area contributed by atoms with Gasteiger partial charge in [0.2, 0.25) is 0 Å². The van der Waals surface area contributed by atoms with Gasteiger partial charge in [-0.1, -0.05) is 49.2 Å². The summed E-state index contributed by atoms with van der Waals surface area (Å²) in [5.74, 6) is -0.763. The van der Waals surface area contributed by atoms with Crippen LogP contribution in [0.1, 0.15) is 42.3 Å². The zero-order valence-electron chi connectivity index (χ0n) is 16.0. The van der Waals surface area contributed by atoms with Crippen LogP contribution in [0.3, 0.4) is 0 Å². The summed E-state index contributed by atoms with van der Waals surface area (Å²) < 4.78 is 46.1. The van der Waals surface area contributed by atoms with E-state index in [1.807, 2.05) is 13.8 Å². The second kappa shape index (κ2) is 8.70. The van der Waals surface area contributed by atoms with Gasteiger partial charge >= 0.3 is 12.1 Å². The summed E-state index contributed by atoms with van der Waals surface area (Å²) in [6.45, 7) is 3.42. The highest BCUT2D eigenvalue weighted by Crippen LogP contribution is 2.34. The molecule has 0 spiro atoms. The zero-order chi connectivity index (χ0) is 22.1. The number of benzene rings is 1. The van der Waals surface area contributed by atoms with Gasteiger partial charge in [-0.15, -0.1) is 0 Å². The first-order chi connectivity index (χ1) is 14.1. The van der Waals surface area contributed by atoms with Gasteiger partial charge in [0.15, 0.2) is 5.65 Å². The van der Waals surface area contributed by atoms with Crippen molar-refractivity contribution in [3.8, 4) is 0 Å². The van der Waals surface area contributed by atoms with Crippen LogP contribution < -0.4 is 0 Å². The normalized spacial score (nSPS) is 12.3. The Hall–Kier alpha value is -2.51. The maximum atomic E-state index is 13.2. The van der Waals surface area contributed by atoms with Gasteiger partial charge in [0.1, 0.15) is 6.61 Å². The largest absolute Gasteiger partial charge is 0.456 e. The molecule has 3 aromatic rings. The van der Waals surface area contributed by atoms with Crippen LogP contribution in [0.4, 0.5) is 13.2 Å². The second-order valence-corrected chi connectivity index (χ2v) is 7.70. The molecule has 0 aliphatic carbocycles. The molecule has 0 radical (unpaired) electrons. The maximum Gasteiger partial charge on any atom is 0.417 e. The van der Waals surface area contributed by atoms with E-state index in [1.165, 1.54) is 10.5 Å². The van der Waals surface area contributed by atoms with Crippen molar-refractivity contribution >= 4 is 40.9 Å². The molecular formula is C21H17Cl2F3N2O2. The van der Waals surface area contributed by atoms with Crippen LogP contribution >= 0.6 is 23.2 Å². The summed E-state index contributed by atoms with van der Waals surface area (Å²) in [4.78, 5) is 16.5. The van der Waals surface area contributed by atoms with Crippen LogP contribution in [0.25, 0.3) is 11.7 Å². The minimum absolute atomic E-state index is 0.117. The average Bonchev–Trinajstić information content (AvgIpc) is 3.05. The number of carbonyl (C=O) groups is 1. The molecule has 0 saturated heterocycles. The smallest absolute Gasteiger partial charge is 0.417 e. The fourth-order valence-electron chi connectivity index (χ4n) is 2.86. The van der Waals surface area contributed by atoms with Gasteiger partial charge in [-0.05, 0) is 35.8 Å². The van der Waals surface area contributed by atoms with Gasteiger partial charge in [-0.2, -0.15) is 13.2 Å². The number of halogens is 5. The number of pyridine rings is 1. The van der Waals surface area contributed by atoms with E-state index in [0.717, 1.165) is 17.8 Å². The number of hydrogen-bond donors (Lipinski definition) is 0. The Kier molecular flexibility index (Phi) is 6.43. The third-order valence-corrected chi connectivity index (χ3v) is 4.84. The van der Waals surface area contributed by atoms with Gasteiger partial charge in [-0.25, -0.2) is 9.78 Å². The summed E-state index contributed by atoms with van der Waals surface area (Å²) in [7, 11) is 0. The van der Waals surface area contributed by atoms with Crippen LogP contribution in [0.5, 0.6) is 0 Å². The topological polar surface area (TPSA) is 43.6 Å². The molecule has 0 bridgehead atoms. The van der Waals surface area contributed by atoms with Crippen molar-refractivity contribution in [1.29, 1.82) is 0 Å². The lowest BCUT2D eigenvalue weighted by molar-refractivity contribution is -0.139. The van der Waals surface area contributed by atoms with Gasteiger partial charge in [0.05, 0.1) is 22.0 Å². The van der Waals surface area contributed by atoms with Crippen molar-refractivity contribution in [3.05, 3.63) is 75.2 Å². The van der Waals surface area contributed by atoms with E-state index >= 15 is 0 Å². The van der Waals surface area contributed by atoms with E-state index in [4.69, 9.17) is 27.9 Å². The van der Waals surface area contributed by atoms with Crippen molar-refractivity contribution in [1.82, 2.24) is 9.38 Å². The van der Waals surface area contributed by atoms with Gasteiger partial charge in [-0.3, -0.25) is 4.40 Å². The highest BCUT2D eigenvalue weighted by molar-refractivity contribution is 6.33. The molecule has 0 atom stereocenters. The monoisotopic (exact) mass is 456 g/mol. The quantitative estimate of drug-likeness (QED) is 0.323. The van der Waals surface area contributed by atoms with Crippen molar-refractivity contribution < 1.29 is 22.7 Å². The Balaban J connectivity index is 1.88. The maximum absolute atomic E-state index is 13.2. The van der Waals surface area contributed by atoms with Crippen LogP contribution in [-0.2, 0) is 22.3 Å². The lowest BCUT2D eigenvalue weighted by Crippen LogP contribution is -2.09. The Bertz CT molecular complexity index is 1100. The molecule has 0 unspecified atom stereocenters. The zero-order valence-corrected chi connectivity index (χ0v) is 17.5. The van der Waals surface area contributed by atoms with E-state index < -0.39 is 17.7 Å². The van der Waals surface area contributed by atoms with Gasteiger partial charge < -0.3 is 4.74 Å². The van der Waals surface area contributed by atoms with Crippen LogP contribution in [-0.4, -0.2) is 15.4 Å². The van der Waals surface area contributed by atoms with Gasteiger partial charge in [0, 0.05) is 17.3 Å². The first-order valence-corrected chi connectivity index (χ1v) is 9.70. The Morgan fingerprint density at radius 1 is 1.23 bits per heavy atom. The Labute approximate surface area is 180 Å². The number of nitrogens with zero attached hydrogens (tertiary/aromatic N) is 2. The van der Waals surface area contributed by atoms with Crippen molar-refractivity contribution in [2.45, 2.75) is 32.5 Å². The number of alkyl halides is 3. The molecule has 0 saturated carbocycles. The number of aromatic nitrogens is 2. The third-order valence-electron chi connectivity index (χ3n) is 4.31. The molecule has 0 fully saturated rings. The lowest BCUT2D eigenvalue weighted by atomic mass is 10.1. The molecule has 3 rings (SSSR count). The number of hydrogen-bond acceptors (Lipinski definition) is 3. The van der Waals surface area contributed by atoms with Crippen LogP contribution in [0.15, 0.2) is 42.6 Å². The Morgan fingerprint density at radius 3 is 2.50 bits per heavy atom. The summed E-state index contributed by atoms with van der Waals surface area (Å²) in [5, 5.41) is 0.437. The van der Waals surface area contributed by atoms with Crippen molar-refractivity contribution in [2.75, 3.05) is 0 Å². The van der Waals surface area contributed by atoms with E-state index in [1.54, 1.807) is 30.3 Å². The highest BCUT2D eigenvalue weighted by Gasteiger charge is 2.32. The predicted octanol–water partition coefficient (Wildman–Crippen LogP) is 6.54. The molecular weight excluding hydrogens is 440 g/mol. The molecule has 2 heterocycles. The predicted molar refractivity (Wildman–Crippen MR) is 110 cm³/mol. The molecule has 9 heteroatoms. The number of fused-ring (bicyclic) bond motifs is 1. The summed E-state index contributed by atoms with van der Waals surface area (Å²) in [6, 6.07) is 7.66. The van der Waals surface area contributed by atoms with Gasteiger partial charge in [0.25, 0.3) is 0 Å². The summed E-state index contributed by atoms with van der Waals surface area (Å²) in [5.41, 5.74) is 0.849. The summed E-state index contributed by atoms with van der Waals surface area (Å²) in [6.07, 6.45) is -0.882. The average molecular weight is 457 g/mol. The molecule has 0 N–H and O–H groups in total. The number of esters is 1. The minimum atomic E-state index is -4.57. The molecule has 0 amide bonds. The first kappa shape index (κ1) is 22.2. The fourth-order valence-corrected chi connectivity index (χ4v) is 3.23. The third kappa shape index (κ3) is 4.96. The number of rotatable bonds is 5. The number of carbonyl (C=O) groups excluding carboxylic acids is 1. The van der Waals surface area contributed by atoms with Crippen LogP contribution in [0.2, 0.25) is 10.0 Å². The van der Waals surface area contributed by atoms with E-state index in [9.17, 15) is 18.0 Å². The summed E-state index contributed by atoms with van der Waals surface area (Å²) >= 11 is 11.9. The number of ether oxygens (including phenoxy) is 1. The van der Waals surface area contributed by atoms with Crippen molar-refractivity contribution in [2.24, 2.45) is 0 Å². The standard InChI is InChI=1S/C21H17Cl2F3N2O2/c1-12(2)19-17(11-30-18(29)8-5-13-3-6-15(22)7-4-13)28-10-14(21(24,25)26)9-16(23)20(28)27-19/h3-10,12H,11H2,1-2H3/b8-5+. The number of imidazole rings is 1. The lowest BCUT2D eigenvalue weighted by Gasteiger charge is -2.11. The molecule has 2 aromatic heterocycles. The molecule has 0 aliphatic heterocycles. The van der Waals surface area contributed by atoms with Crippen LogP contribution in [0, 0.1) is 0 Å². The molecule has 158 valence electrons. The first-order valence-electron chi connectivity index (χ1n) is 8.94. The van der Waals surface area contributed by atoms with E-state index in [0.29, 0.717) is 16.4 Å².